The summed E-state index contributed by atoms with van der Waals surface area (Å²) in [4.78, 5) is 22.7. The number of fused-ring (bicyclic) bond motifs is 5. The van der Waals surface area contributed by atoms with Gasteiger partial charge in [-0.05, 0) is 104 Å². The fraction of sp³-hybridized carbons (Fsp3) is 0.923. The Labute approximate surface area is 192 Å². The minimum Gasteiger partial charge on any atom is -0.480 e. The molecule has 0 bridgehead atoms. The minimum absolute atomic E-state index is 0.102. The number of nitrogens with one attached hydrogen (secondary N) is 1. The van der Waals surface area contributed by atoms with E-state index < -0.39 is 5.97 Å². The highest BCUT2D eigenvalue weighted by molar-refractivity contribution is 5.81. The smallest absolute Gasteiger partial charge is 0.322 e. The number of aliphatic hydroxyl groups is 2. The van der Waals surface area contributed by atoms with Gasteiger partial charge in [-0.3, -0.25) is 9.59 Å². The summed E-state index contributed by atoms with van der Waals surface area (Å²) in [7, 11) is 0. The van der Waals surface area contributed by atoms with Crippen LogP contribution in [0, 0.1) is 46.3 Å². The summed E-state index contributed by atoms with van der Waals surface area (Å²) in [5.74, 6) is 1.84. The molecule has 0 aromatic carbocycles. The first-order valence-corrected chi connectivity index (χ1v) is 12.9. The summed E-state index contributed by atoms with van der Waals surface area (Å²) in [6.07, 6.45) is 9.12. The Balaban J connectivity index is 1.45. The Morgan fingerprint density at radius 3 is 2.50 bits per heavy atom. The van der Waals surface area contributed by atoms with Crippen molar-refractivity contribution in [3.05, 3.63) is 0 Å². The van der Waals surface area contributed by atoms with E-state index in [0.29, 0.717) is 41.9 Å². The predicted molar refractivity (Wildman–Crippen MR) is 122 cm³/mol. The standard InChI is InChI=1S/C26H43NO5/c1-15(4-9-23(30)27-14-24(31)32)19-7-8-20-18-6-5-16-12-17(28)10-11-25(16,2)21(18)13-22(29)26(19,20)3/h15-22,28-29H,4-14H2,1-3H3,(H,27,30)(H,31,32)/t15-,16-,17-,18+,19-,20+,21-,22+,25+,26+/m1/s1. The second-order valence-corrected chi connectivity index (χ2v) is 12.1. The number of hydrogen-bond acceptors (Lipinski definition) is 4. The second-order valence-electron chi connectivity index (χ2n) is 12.1. The van der Waals surface area contributed by atoms with E-state index in [2.05, 4.69) is 26.1 Å². The first-order chi connectivity index (χ1) is 15.1. The van der Waals surface area contributed by atoms with Crippen LogP contribution in [0.25, 0.3) is 0 Å². The van der Waals surface area contributed by atoms with E-state index in [1.54, 1.807) is 0 Å². The molecule has 6 heteroatoms. The van der Waals surface area contributed by atoms with Crippen LogP contribution < -0.4 is 5.32 Å². The van der Waals surface area contributed by atoms with Gasteiger partial charge in [-0.1, -0.05) is 20.8 Å². The highest BCUT2D eigenvalue weighted by atomic mass is 16.4. The van der Waals surface area contributed by atoms with Gasteiger partial charge in [0.15, 0.2) is 0 Å². The van der Waals surface area contributed by atoms with Crippen molar-refractivity contribution in [2.24, 2.45) is 46.3 Å². The molecule has 4 aliphatic carbocycles. The maximum atomic E-state index is 12.0. The molecule has 4 aliphatic rings. The average Bonchev–Trinajstić information content (AvgIpc) is 3.10. The van der Waals surface area contributed by atoms with Crippen LogP contribution in [-0.4, -0.2) is 45.9 Å². The van der Waals surface area contributed by atoms with Crippen LogP contribution in [0.15, 0.2) is 0 Å². The average molecular weight is 450 g/mol. The van der Waals surface area contributed by atoms with Crippen molar-refractivity contribution < 1.29 is 24.9 Å². The number of amides is 1. The van der Waals surface area contributed by atoms with Gasteiger partial charge in [-0.2, -0.15) is 0 Å². The molecule has 1 amide bonds. The zero-order valence-electron chi connectivity index (χ0n) is 20.1. The number of aliphatic hydroxyl groups excluding tert-OH is 2. The van der Waals surface area contributed by atoms with E-state index in [1.807, 2.05) is 0 Å². The number of aliphatic carboxylic acids is 1. The van der Waals surface area contributed by atoms with E-state index in [4.69, 9.17) is 5.11 Å². The van der Waals surface area contributed by atoms with Crippen molar-refractivity contribution in [1.82, 2.24) is 5.32 Å². The van der Waals surface area contributed by atoms with Gasteiger partial charge in [0.2, 0.25) is 5.91 Å². The SMILES string of the molecule is C[C@H](CCC(=O)NCC(=O)O)[C@H]1CC[C@H]2[C@@H]3CC[C@@H]4C[C@H](O)CC[C@]4(C)[C@@H]3C[C@H](O)[C@@]12C. The van der Waals surface area contributed by atoms with E-state index in [9.17, 15) is 19.8 Å². The van der Waals surface area contributed by atoms with E-state index in [1.165, 1.54) is 12.8 Å². The van der Waals surface area contributed by atoms with Crippen molar-refractivity contribution in [2.45, 2.75) is 97.2 Å². The van der Waals surface area contributed by atoms with Gasteiger partial charge in [0.05, 0.1) is 12.2 Å². The lowest BCUT2D eigenvalue weighted by atomic mass is 9.43. The molecule has 10 atom stereocenters. The Bertz CT molecular complexity index is 727. The third-order valence-corrected chi connectivity index (χ3v) is 10.8. The van der Waals surface area contributed by atoms with Crippen molar-refractivity contribution >= 4 is 11.9 Å². The van der Waals surface area contributed by atoms with E-state index >= 15 is 0 Å². The quantitative estimate of drug-likeness (QED) is 0.496. The van der Waals surface area contributed by atoms with Crippen molar-refractivity contribution in [3.63, 3.8) is 0 Å². The van der Waals surface area contributed by atoms with Crippen molar-refractivity contribution in [1.29, 1.82) is 0 Å². The molecule has 32 heavy (non-hydrogen) atoms. The van der Waals surface area contributed by atoms with Crippen LogP contribution in [0.3, 0.4) is 0 Å². The van der Waals surface area contributed by atoms with Crippen LogP contribution in [0.2, 0.25) is 0 Å². The Kier molecular flexibility index (Phi) is 6.68. The second kappa shape index (κ2) is 8.90. The lowest BCUT2D eigenvalue weighted by Gasteiger charge is -2.62. The molecule has 4 saturated carbocycles. The lowest BCUT2D eigenvalue weighted by Crippen LogP contribution is -2.58. The minimum atomic E-state index is -1.02. The first kappa shape index (κ1) is 24.0. The molecule has 4 fully saturated rings. The molecule has 4 N–H and O–H groups in total. The predicted octanol–water partition coefficient (Wildman–Crippen LogP) is 3.59. The molecule has 4 rings (SSSR count). The zero-order chi connectivity index (χ0) is 23.3. The number of carboxylic acids is 1. The molecule has 0 spiro atoms. The molecular weight excluding hydrogens is 406 g/mol. The van der Waals surface area contributed by atoms with Crippen LogP contribution in [0.1, 0.15) is 85.0 Å². The highest BCUT2D eigenvalue weighted by Gasteiger charge is 2.63. The molecule has 0 radical (unpaired) electrons. The number of carboxylic acid groups (broad SMARTS) is 1. The fourth-order valence-corrected chi connectivity index (χ4v) is 8.98. The number of rotatable bonds is 6. The van der Waals surface area contributed by atoms with Crippen molar-refractivity contribution in [2.75, 3.05) is 6.54 Å². The molecule has 0 aromatic rings. The third-order valence-electron chi connectivity index (χ3n) is 10.8. The van der Waals surface area contributed by atoms with Crippen LogP contribution in [0.5, 0.6) is 0 Å². The molecular formula is C26H43NO5. The van der Waals surface area contributed by atoms with Crippen LogP contribution in [-0.2, 0) is 9.59 Å². The van der Waals surface area contributed by atoms with Crippen LogP contribution >= 0.6 is 0 Å². The van der Waals surface area contributed by atoms with Gasteiger partial charge in [-0.25, -0.2) is 0 Å². The molecule has 6 nitrogen and oxygen atoms in total. The fourth-order valence-electron chi connectivity index (χ4n) is 8.98. The highest BCUT2D eigenvalue weighted by Crippen LogP contribution is 2.68. The number of carbonyl (C=O) groups is 2. The zero-order valence-corrected chi connectivity index (χ0v) is 20.1. The number of hydrogen-bond donors (Lipinski definition) is 4. The Morgan fingerprint density at radius 1 is 1.03 bits per heavy atom. The van der Waals surface area contributed by atoms with Gasteiger partial charge >= 0.3 is 5.97 Å². The maximum absolute atomic E-state index is 12.0. The van der Waals surface area contributed by atoms with E-state index in [0.717, 1.165) is 44.9 Å². The molecule has 0 unspecified atom stereocenters. The number of carbonyl (C=O) groups excluding carboxylic acids is 1. The summed E-state index contributed by atoms with van der Waals surface area (Å²) in [5, 5.41) is 33.0. The van der Waals surface area contributed by atoms with Gasteiger partial charge in [0.1, 0.15) is 6.54 Å². The monoisotopic (exact) mass is 449 g/mol. The molecule has 0 aromatic heterocycles. The topological polar surface area (TPSA) is 107 Å². The first-order valence-electron chi connectivity index (χ1n) is 12.9. The maximum Gasteiger partial charge on any atom is 0.322 e. The van der Waals surface area contributed by atoms with Crippen LogP contribution in [0.4, 0.5) is 0 Å². The summed E-state index contributed by atoms with van der Waals surface area (Å²) in [6, 6.07) is 0. The van der Waals surface area contributed by atoms with Gasteiger partial charge in [-0.15, -0.1) is 0 Å². The van der Waals surface area contributed by atoms with Gasteiger partial charge < -0.3 is 20.6 Å². The molecule has 182 valence electrons. The lowest BCUT2D eigenvalue weighted by molar-refractivity contribution is -0.175. The van der Waals surface area contributed by atoms with Gasteiger partial charge in [0.25, 0.3) is 0 Å². The Morgan fingerprint density at radius 2 is 1.78 bits per heavy atom. The Hall–Kier alpha value is -1.14. The largest absolute Gasteiger partial charge is 0.480 e. The molecule has 0 aliphatic heterocycles. The summed E-state index contributed by atoms with van der Waals surface area (Å²) in [5.41, 5.74) is 0.145. The van der Waals surface area contributed by atoms with Gasteiger partial charge in [0, 0.05) is 6.42 Å². The molecule has 0 heterocycles. The normalized spacial score (nSPS) is 46.5. The third kappa shape index (κ3) is 4.00. The van der Waals surface area contributed by atoms with Crippen molar-refractivity contribution in [3.8, 4) is 0 Å². The van der Waals surface area contributed by atoms with E-state index in [-0.39, 0.29) is 35.5 Å². The molecule has 0 saturated heterocycles. The summed E-state index contributed by atoms with van der Waals surface area (Å²) < 4.78 is 0. The summed E-state index contributed by atoms with van der Waals surface area (Å²) in [6.45, 7) is 6.65. The summed E-state index contributed by atoms with van der Waals surface area (Å²) >= 11 is 0.